The molecular weight excluding hydrogens is 284 g/mol. The van der Waals surface area contributed by atoms with E-state index in [-0.39, 0.29) is 27.5 Å². The summed E-state index contributed by atoms with van der Waals surface area (Å²) in [5.74, 6) is -1.54. The number of thioether (sulfide) groups is 1. The van der Waals surface area contributed by atoms with E-state index in [1.165, 1.54) is 6.92 Å². The second-order valence-electron chi connectivity index (χ2n) is 3.97. The quantitative estimate of drug-likeness (QED) is 0.682. The van der Waals surface area contributed by atoms with E-state index in [1.807, 2.05) is 0 Å². The number of aromatic nitrogens is 2. The standard InChI is InChI=1S/C13H9F2N3OS/c1-6-8(3-7(14)4-10(6)15)11-9(5-16)12(19)18-13(17-11)20-2/h3-4H,1-2H3,(H,17,18,19). The highest BCUT2D eigenvalue weighted by Gasteiger charge is 2.17. The predicted molar refractivity (Wildman–Crippen MR) is 71.4 cm³/mol. The minimum absolute atomic E-state index is 0.0171. The molecule has 7 heteroatoms. The van der Waals surface area contributed by atoms with E-state index in [1.54, 1.807) is 12.3 Å². The number of benzene rings is 1. The number of hydrogen-bond acceptors (Lipinski definition) is 4. The number of halogens is 2. The smallest absolute Gasteiger partial charge is 0.270 e. The zero-order valence-electron chi connectivity index (χ0n) is 10.6. The molecule has 20 heavy (non-hydrogen) atoms. The van der Waals surface area contributed by atoms with Gasteiger partial charge in [0, 0.05) is 11.6 Å². The predicted octanol–water partition coefficient (Wildman–Crippen LogP) is 2.62. The molecule has 0 atom stereocenters. The third-order valence-corrected chi connectivity index (χ3v) is 3.35. The molecule has 0 radical (unpaired) electrons. The van der Waals surface area contributed by atoms with Gasteiger partial charge in [-0.1, -0.05) is 11.8 Å². The molecule has 0 aliphatic carbocycles. The molecule has 0 amide bonds. The van der Waals surface area contributed by atoms with Crippen LogP contribution >= 0.6 is 11.8 Å². The van der Waals surface area contributed by atoms with E-state index >= 15 is 0 Å². The first-order valence-corrected chi connectivity index (χ1v) is 6.74. The Balaban J connectivity index is 2.85. The summed E-state index contributed by atoms with van der Waals surface area (Å²) in [5, 5.41) is 9.32. The normalized spacial score (nSPS) is 10.3. The molecule has 4 nitrogen and oxygen atoms in total. The highest BCUT2D eigenvalue weighted by molar-refractivity contribution is 7.98. The molecule has 0 spiro atoms. The van der Waals surface area contributed by atoms with Gasteiger partial charge in [-0.2, -0.15) is 5.26 Å². The highest BCUT2D eigenvalue weighted by Crippen LogP contribution is 2.27. The van der Waals surface area contributed by atoms with Crippen LogP contribution in [0.3, 0.4) is 0 Å². The molecule has 0 saturated heterocycles. The maximum atomic E-state index is 13.6. The first-order valence-electron chi connectivity index (χ1n) is 5.52. The van der Waals surface area contributed by atoms with Gasteiger partial charge in [-0.3, -0.25) is 4.79 Å². The minimum Gasteiger partial charge on any atom is -0.300 e. The molecule has 0 aliphatic rings. The maximum absolute atomic E-state index is 13.6. The lowest BCUT2D eigenvalue weighted by Crippen LogP contribution is -2.15. The molecule has 1 aromatic heterocycles. The van der Waals surface area contributed by atoms with Crippen LogP contribution in [0.1, 0.15) is 11.1 Å². The van der Waals surface area contributed by atoms with Gasteiger partial charge >= 0.3 is 0 Å². The van der Waals surface area contributed by atoms with E-state index in [4.69, 9.17) is 5.26 Å². The van der Waals surface area contributed by atoms with Gasteiger partial charge in [0.2, 0.25) is 0 Å². The lowest BCUT2D eigenvalue weighted by molar-refractivity contribution is 0.578. The van der Waals surface area contributed by atoms with E-state index in [0.29, 0.717) is 0 Å². The Morgan fingerprint density at radius 2 is 2.10 bits per heavy atom. The van der Waals surface area contributed by atoms with Crippen LogP contribution in [0, 0.1) is 29.9 Å². The monoisotopic (exact) mass is 293 g/mol. The molecule has 0 bridgehead atoms. The van der Waals surface area contributed by atoms with E-state index < -0.39 is 17.2 Å². The summed E-state index contributed by atoms with van der Waals surface area (Å²) in [6.07, 6.45) is 1.69. The van der Waals surface area contributed by atoms with Crippen LogP contribution in [-0.2, 0) is 0 Å². The van der Waals surface area contributed by atoms with E-state index in [9.17, 15) is 13.6 Å². The number of aromatic amines is 1. The van der Waals surface area contributed by atoms with Crippen LogP contribution in [-0.4, -0.2) is 16.2 Å². The van der Waals surface area contributed by atoms with Crippen molar-refractivity contribution in [1.29, 1.82) is 5.26 Å². The number of hydrogen-bond donors (Lipinski definition) is 1. The summed E-state index contributed by atoms with van der Waals surface area (Å²) in [5.41, 5.74) is -0.688. The number of nitrogens with one attached hydrogen (secondary N) is 1. The van der Waals surface area contributed by atoms with Crippen molar-refractivity contribution in [3.63, 3.8) is 0 Å². The molecular formula is C13H9F2N3OS. The van der Waals surface area contributed by atoms with Gasteiger partial charge < -0.3 is 4.98 Å². The maximum Gasteiger partial charge on any atom is 0.270 e. The number of H-pyrrole nitrogens is 1. The van der Waals surface area contributed by atoms with Gasteiger partial charge in [0.25, 0.3) is 5.56 Å². The molecule has 1 N–H and O–H groups in total. The first kappa shape index (κ1) is 14.2. The third kappa shape index (κ3) is 2.42. The van der Waals surface area contributed by atoms with Gasteiger partial charge in [-0.25, -0.2) is 13.8 Å². The van der Waals surface area contributed by atoms with Crippen molar-refractivity contribution < 1.29 is 8.78 Å². The minimum atomic E-state index is -0.792. The molecule has 1 heterocycles. The fourth-order valence-electron chi connectivity index (χ4n) is 1.74. The van der Waals surface area contributed by atoms with Gasteiger partial charge in [0.1, 0.15) is 23.3 Å². The SMILES string of the molecule is CSc1nc(-c2cc(F)cc(F)c2C)c(C#N)c(=O)[nH]1. The summed E-state index contributed by atoms with van der Waals surface area (Å²) in [7, 11) is 0. The fraction of sp³-hybridized carbons (Fsp3) is 0.154. The molecule has 0 unspecified atom stereocenters. The van der Waals surface area contributed by atoms with Crippen molar-refractivity contribution in [2.75, 3.05) is 6.26 Å². The third-order valence-electron chi connectivity index (χ3n) is 2.77. The van der Waals surface area contributed by atoms with Gasteiger partial charge in [0.15, 0.2) is 5.16 Å². The Morgan fingerprint density at radius 3 is 2.70 bits per heavy atom. The average molecular weight is 293 g/mol. The molecule has 102 valence electrons. The fourth-order valence-corrected chi connectivity index (χ4v) is 2.12. The van der Waals surface area contributed by atoms with E-state index in [2.05, 4.69) is 9.97 Å². The summed E-state index contributed by atoms with van der Waals surface area (Å²) in [6.45, 7) is 1.44. The van der Waals surface area contributed by atoms with Crippen LogP contribution in [0.4, 0.5) is 8.78 Å². The van der Waals surface area contributed by atoms with Crippen molar-refractivity contribution in [3.8, 4) is 17.3 Å². The van der Waals surface area contributed by atoms with Gasteiger partial charge in [0.05, 0.1) is 5.69 Å². The van der Waals surface area contributed by atoms with Gasteiger partial charge in [-0.15, -0.1) is 0 Å². The first-order chi connectivity index (χ1) is 9.47. The largest absolute Gasteiger partial charge is 0.300 e. The Labute approximate surface area is 117 Å². The van der Waals surface area contributed by atoms with Crippen molar-refractivity contribution in [3.05, 3.63) is 45.2 Å². The Bertz CT molecular complexity index is 780. The van der Waals surface area contributed by atoms with Gasteiger partial charge in [-0.05, 0) is 24.8 Å². The Hall–Kier alpha value is -2.20. The molecule has 0 fully saturated rings. The van der Waals surface area contributed by atoms with E-state index in [0.717, 1.165) is 23.9 Å². The van der Waals surface area contributed by atoms with Crippen LogP contribution in [0.25, 0.3) is 11.3 Å². The zero-order valence-corrected chi connectivity index (χ0v) is 11.4. The summed E-state index contributed by atoms with van der Waals surface area (Å²) in [6, 6.07) is 3.52. The Kier molecular flexibility index (Phi) is 3.86. The lowest BCUT2D eigenvalue weighted by atomic mass is 10.0. The van der Waals surface area contributed by atoms with Crippen molar-refractivity contribution >= 4 is 11.8 Å². The second-order valence-corrected chi connectivity index (χ2v) is 4.77. The molecule has 2 rings (SSSR count). The molecule has 0 saturated carbocycles. The Morgan fingerprint density at radius 1 is 1.40 bits per heavy atom. The highest BCUT2D eigenvalue weighted by atomic mass is 32.2. The van der Waals surface area contributed by atoms with Crippen LogP contribution in [0.5, 0.6) is 0 Å². The second kappa shape index (κ2) is 5.43. The number of nitriles is 1. The van der Waals surface area contributed by atoms with Crippen molar-refractivity contribution in [2.45, 2.75) is 12.1 Å². The van der Waals surface area contributed by atoms with Crippen LogP contribution in [0.15, 0.2) is 22.1 Å². The summed E-state index contributed by atoms with van der Waals surface area (Å²) in [4.78, 5) is 18.3. The zero-order chi connectivity index (χ0) is 14.9. The van der Waals surface area contributed by atoms with Crippen LogP contribution < -0.4 is 5.56 Å². The average Bonchev–Trinajstić information content (AvgIpc) is 2.41. The number of nitrogens with zero attached hydrogens (tertiary/aromatic N) is 2. The summed E-state index contributed by atoms with van der Waals surface area (Å²) < 4.78 is 27.0. The summed E-state index contributed by atoms with van der Waals surface area (Å²) >= 11 is 1.16. The number of rotatable bonds is 2. The molecule has 0 aliphatic heterocycles. The van der Waals surface area contributed by atoms with Crippen LogP contribution in [0.2, 0.25) is 0 Å². The molecule has 2 aromatic rings. The lowest BCUT2D eigenvalue weighted by Gasteiger charge is -2.09. The topological polar surface area (TPSA) is 69.5 Å². The van der Waals surface area contributed by atoms with Crippen molar-refractivity contribution in [1.82, 2.24) is 9.97 Å². The molecule has 1 aromatic carbocycles. The van der Waals surface area contributed by atoms with Crippen molar-refractivity contribution in [2.24, 2.45) is 0 Å².